The van der Waals surface area contributed by atoms with E-state index in [1.165, 1.54) is 0 Å². The summed E-state index contributed by atoms with van der Waals surface area (Å²) in [4.78, 5) is 16.2. The maximum atomic E-state index is 12.2. The maximum absolute atomic E-state index is 12.2. The van der Waals surface area contributed by atoms with E-state index in [0.717, 1.165) is 19.3 Å². The van der Waals surface area contributed by atoms with E-state index in [-0.39, 0.29) is 28.9 Å². The number of nitrogens with one attached hydrogen (secondary N) is 1. The van der Waals surface area contributed by atoms with Crippen LogP contribution in [-0.2, 0) is 9.84 Å². The van der Waals surface area contributed by atoms with Gasteiger partial charge in [0.1, 0.15) is 0 Å². The molecule has 0 radical (unpaired) electrons. The van der Waals surface area contributed by atoms with Gasteiger partial charge >= 0.3 is 0 Å². The van der Waals surface area contributed by atoms with Crippen molar-refractivity contribution >= 4 is 15.7 Å². The summed E-state index contributed by atoms with van der Waals surface area (Å²) in [5.74, 6) is 0.614. The minimum atomic E-state index is -2.98. The van der Waals surface area contributed by atoms with Crippen LogP contribution < -0.4 is 10.9 Å². The van der Waals surface area contributed by atoms with Gasteiger partial charge in [-0.05, 0) is 25.7 Å². The molecule has 1 unspecified atom stereocenters. The van der Waals surface area contributed by atoms with Gasteiger partial charge in [-0.2, -0.15) is 0 Å². The summed E-state index contributed by atoms with van der Waals surface area (Å²) in [5.41, 5.74) is -0.145. The molecule has 2 fully saturated rings. The first-order valence-corrected chi connectivity index (χ1v) is 8.41. The van der Waals surface area contributed by atoms with Crippen molar-refractivity contribution in [3.63, 3.8) is 0 Å². The Balaban J connectivity index is 1.80. The summed E-state index contributed by atoms with van der Waals surface area (Å²) in [7, 11) is -2.98. The minimum absolute atomic E-state index is 0.0897. The van der Waals surface area contributed by atoms with Gasteiger partial charge in [-0.25, -0.2) is 13.4 Å². The van der Waals surface area contributed by atoms with E-state index in [9.17, 15) is 13.2 Å². The smallest absolute Gasteiger partial charge is 0.293 e. The summed E-state index contributed by atoms with van der Waals surface area (Å²) in [6.45, 7) is 0. The molecular weight excluding hydrogens is 266 g/mol. The first-order valence-electron chi connectivity index (χ1n) is 6.59. The van der Waals surface area contributed by atoms with Crippen molar-refractivity contribution in [2.45, 2.75) is 37.8 Å². The second-order valence-electron chi connectivity index (χ2n) is 5.32. The molecule has 1 saturated carbocycles. The van der Waals surface area contributed by atoms with Crippen molar-refractivity contribution in [1.82, 2.24) is 9.55 Å². The maximum Gasteiger partial charge on any atom is 0.293 e. The number of anilines is 1. The highest BCUT2D eigenvalue weighted by molar-refractivity contribution is 7.91. The molecule has 3 rings (SSSR count). The molecule has 1 N–H and O–H groups in total. The van der Waals surface area contributed by atoms with Gasteiger partial charge in [-0.1, -0.05) is 0 Å². The van der Waals surface area contributed by atoms with Gasteiger partial charge in [0.25, 0.3) is 5.56 Å². The van der Waals surface area contributed by atoms with E-state index in [4.69, 9.17) is 0 Å². The van der Waals surface area contributed by atoms with E-state index in [2.05, 4.69) is 10.3 Å². The van der Waals surface area contributed by atoms with Crippen LogP contribution in [0.1, 0.15) is 31.7 Å². The van der Waals surface area contributed by atoms with Gasteiger partial charge in [-0.15, -0.1) is 0 Å². The van der Waals surface area contributed by atoms with Crippen LogP contribution in [0.25, 0.3) is 0 Å². The Kier molecular flexibility index (Phi) is 3.08. The van der Waals surface area contributed by atoms with Crippen molar-refractivity contribution < 1.29 is 8.42 Å². The highest BCUT2D eigenvalue weighted by atomic mass is 32.2. The molecule has 2 heterocycles. The molecule has 1 aromatic rings. The fraction of sp³-hybridized carbons (Fsp3) is 0.667. The van der Waals surface area contributed by atoms with Crippen molar-refractivity contribution in [1.29, 1.82) is 0 Å². The molecule has 7 heteroatoms. The van der Waals surface area contributed by atoms with Crippen LogP contribution in [0.3, 0.4) is 0 Å². The zero-order valence-electron chi connectivity index (χ0n) is 10.6. The fourth-order valence-electron chi connectivity index (χ4n) is 2.49. The topological polar surface area (TPSA) is 81.1 Å². The fourth-order valence-corrected chi connectivity index (χ4v) is 4.13. The average molecular weight is 283 g/mol. The van der Waals surface area contributed by atoms with Crippen molar-refractivity contribution in [2.75, 3.05) is 16.8 Å². The van der Waals surface area contributed by atoms with E-state index >= 15 is 0 Å². The van der Waals surface area contributed by atoms with Crippen molar-refractivity contribution in [3.05, 3.63) is 22.7 Å². The van der Waals surface area contributed by atoms with E-state index < -0.39 is 9.84 Å². The summed E-state index contributed by atoms with van der Waals surface area (Å²) in [5, 5.41) is 3.00. The lowest BCUT2D eigenvalue weighted by Crippen LogP contribution is -2.37. The SMILES string of the molecule is O=c1c(NC2CCCS(=O)(=O)C2)nccn1C1CC1. The highest BCUT2D eigenvalue weighted by Crippen LogP contribution is 2.33. The third-order valence-corrected chi connectivity index (χ3v) is 5.43. The van der Waals surface area contributed by atoms with E-state index in [1.54, 1.807) is 17.0 Å². The van der Waals surface area contributed by atoms with Crippen LogP contribution in [0.2, 0.25) is 0 Å². The molecule has 1 aliphatic heterocycles. The Morgan fingerprint density at radius 3 is 2.79 bits per heavy atom. The lowest BCUT2D eigenvalue weighted by molar-refractivity contribution is 0.560. The van der Waals surface area contributed by atoms with Gasteiger partial charge < -0.3 is 9.88 Å². The standard InChI is InChI=1S/C12H17N3O3S/c16-12-11(13-5-6-15(12)10-3-4-10)14-9-2-1-7-19(17,18)8-9/h5-6,9-10H,1-4,7-8H2,(H,13,14). The lowest BCUT2D eigenvalue weighted by Gasteiger charge is -2.23. The molecule has 0 aromatic carbocycles. The molecule has 0 amide bonds. The summed E-state index contributed by atoms with van der Waals surface area (Å²) in [6, 6.07) is 0.0974. The average Bonchev–Trinajstić information content (AvgIpc) is 3.15. The van der Waals surface area contributed by atoms with Crippen LogP contribution in [0.15, 0.2) is 17.2 Å². The molecule has 1 aliphatic carbocycles. The quantitative estimate of drug-likeness (QED) is 0.877. The Hall–Kier alpha value is -1.37. The Morgan fingerprint density at radius 2 is 2.11 bits per heavy atom. The Morgan fingerprint density at radius 1 is 1.32 bits per heavy atom. The van der Waals surface area contributed by atoms with Gasteiger partial charge in [0.05, 0.1) is 11.5 Å². The molecule has 2 aliphatic rings. The van der Waals surface area contributed by atoms with Gasteiger partial charge in [0, 0.05) is 24.5 Å². The predicted molar refractivity (Wildman–Crippen MR) is 72.1 cm³/mol. The van der Waals surface area contributed by atoms with E-state index in [0.29, 0.717) is 12.5 Å². The second kappa shape index (κ2) is 4.63. The summed E-state index contributed by atoms with van der Waals surface area (Å²) < 4.78 is 24.8. The van der Waals surface area contributed by atoms with Crippen LogP contribution >= 0.6 is 0 Å². The first kappa shape index (κ1) is 12.7. The number of sulfone groups is 1. The molecule has 104 valence electrons. The third-order valence-electron chi connectivity index (χ3n) is 3.61. The summed E-state index contributed by atoms with van der Waals surface area (Å²) in [6.07, 6.45) is 6.76. The molecule has 1 atom stereocenters. The molecule has 19 heavy (non-hydrogen) atoms. The van der Waals surface area contributed by atoms with Gasteiger partial charge in [0.15, 0.2) is 15.7 Å². The monoisotopic (exact) mass is 283 g/mol. The van der Waals surface area contributed by atoms with Crippen molar-refractivity contribution in [3.8, 4) is 0 Å². The number of nitrogens with zero attached hydrogens (tertiary/aromatic N) is 2. The molecule has 0 bridgehead atoms. The minimum Gasteiger partial charge on any atom is -0.362 e. The molecule has 0 spiro atoms. The Bertz CT molecular complexity index is 634. The second-order valence-corrected chi connectivity index (χ2v) is 7.55. The van der Waals surface area contributed by atoms with Crippen molar-refractivity contribution in [2.24, 2.45) is 0 Å². The van der Waals surface area contributed by atoms with Crippen LogP contribution in [0.5, 0.6) is 0 Å². The van der Waals surface area contributed by atoms with Crippen LogP contribution in [-0.4, -0.2) is 35.5 Å². The number of aromatic nitrogens is 2. The van der Waals surface area contributed by atoms with E-state index in [1.807, 2.05) is 0 Å². The number of hydrogen-bond acceptors (Lipinski definition) is 5. The molecular formula is C12H17N3O3S. The Labute approximate surface area is 111 Å². The number of hydrogen-bond donors (Lipinski definition) is 1. The summed E-state index contributed by atoms with van der Waals surface area (Å²) >= 11 is 0. The highest BCUT2D eigenvalue weighted by Gasteiger charge is 2.28. The largest absolute Gasteiger partial charge is 0.362 e. The zero-order chi connectivity index (χ0) is 13.5. The van der Waals surface area contributed by atoms with Gasteiger partial charge in [-0.3, -0.25) is 4.79 Å². The molecule has 1 aromatic heterocycles. The molecule has 1 saturated heterocycles. The number of rotatable bonds is 3. The van der Waals surface area contributed by atoms with Crippen LogP contribution in [0, 0.1) is 0 Å². The zero-order valence-corrected chi connectivity index (χ0v) is 11.4. The van der Waals surface area contributed by atoms with Crippen LogP contribution in [0.4, 0.5) is 5.82 Å². The first-order chi connectivity index (χ1) is 9.05. The lowest BCUT2D eigenvalue weighted by atomic mass is 10.2. The molecule has 6 nitrogen and oxygen atoms in total. The van der Waals surface area contributed by atoms with Gasteiger partial charge in [0.2, 0.25) is 0 Å². The third kappa shape index (κ3) is 2.80. The normalized spacial score (nSPS) is 26.0. The predicted octanol–water partition coefficient (Wildman–Crippen LogP) is 0.567.